The number of hydrogen-bond donors (Lipinski definition) is 0. The normalized spacial score (nSPS) is 53.5. The Bertz CT molecular complexity index is 201. The van der Waals surface area contributed by atoms with Crippen LogP contribution in [0.1, 0.15) is 45.4 Å². The van der Waals surface area contributed by atoms with Crippen LogP contribution in [-0.2, 0) is 0 Å². The van der Waals surface area contributed by atoms with Gasteiger partial charge in [0.05, 0.1) is 0 Å². The van der Waals surface area contributed by atoms with Crippen molar-refractivity contribution in [3.63, 3.8) is 0 Å². The van der Waals surface area contributed by atoms with Gasteiger partial charge in [-0.25, -0.2) is 0 Å². The highest BCUT2D eigenvalue weighted by atomic mass is 14.5. The minimum Gasteiger partial charge on any atom is -0.0911 e. The fourth-order valence-electron chi connectivity index (χ4n) is 4.74. The van der Waals surface area contributed by atoms with Gasteiger partial charge in [0.25, 0.3) is 0 Å². The van der Waals surface area contributed by atoms with Crippen LogP contribution >= 0.6 is 0 Å². The molecule has 0 unspecified atom stereocenters. The molecule has 0 aromatic rings. The zero-order chi connectivity index (χ0) is 8.89. The molecule has 0 aliphatic heterocycles. The molecule has 0 N–H and O–H groups in total. The number of allylic oxidation sites excluding steroid dienone is 2. The van der Waals surface area contributed by atoms with Crippen LogP contribution in [0.4, 0.5) is 0 Å². The molecule has 4 saturated carbocycles. The van der Waals surface area contributed by atoms with Crippen molar-refractivity contribution in [2.24, 2.45) is 23.2 Å². The summed E-state index contributed by atoms with van der Waals surface area (Å²) in [6.45, 7) is 2.19. The van der Waals surface area contributed by atoms with E-state index in [0.717, 1.165) is 17.8 Å². The van der Waals surface area contributed by atoms with Gasteiger partial charge in [0.15, 0.2) is 0 Å². The maximum Gasteiger partial charge on any atom is -0.0110 e. The van der Waals surface area contributed by atoms with E-state index < -0.39 is 0 Å². The summed E-state index contributed by atoms with van der Waals surface area (Å²) >= 11 is 0. The van der Waals surface area contributed by atoms with Crippen molar-refractivity contribution in [2.75, 3.05) is 0 Å². The van der Waals surface area contributed by atoms with Gasteiger partial charge in [-0.15, -0.1) is 0 Å². The lowest BCUT2D eigenvalue weighted by molar-refractivity contribution is -0.0237. The highest BCUT2D eigenvalue weighted by Gasteiger charge is 2.49. The van der Waals surface area contributed by atoms with Crippen LogP contribution in [0.3, 0.4) is 0 Å². The summed E-state index contributed by atoms with van der Waals surface area (Å²) in [5.74, 6) is 3.30. The molecule has 0 nitrogen and oxygen atoms in total. The van der Waals surface area contributed by atoms with Gasteiger partial charge in [-0.3, -0.25) is 0 Å². The maximum atomic E-state index is 2.54. The molecular weight excluding hydrogens is 156 g/mol. The first kappa shape index (κ1) is 8.08. The Morgan fingerprint density at radius 2 is 1.38 bits per heavy atom. The van der Waals surface area contributed by atoms with E-state index in [2.05, 4.69) is 19.1 Å². The predicted molar refractivity (Wildman–Crippen MR) is 55.4 cm³/mol. The van der Waals surface area contributed by atoms with E-state index in [-0.39, 0.29) is 0 Å². The average Bonchev–Trinajstić information content (AvgIpc) is 2.00. The van der Waals surface area contributed by atoms with Gasteiger partial charge < -0.3 is 0 Å². The lowest BCUT2D eigenvalue weighted by atomic mass is 9.49. The second-order valence-corrected chi connectivity index (χ2v) is 5.78. The molecule has 4 aliphatic carbocycles. The molecule has 72 valence electrons. The fraction of sp³-hybridized carbons (Fsp3) is 0.846. The van der Waals surface area contributed by atoms with E-state index in [1.165, 1.54) is 19.3 Å². The third-order valence-electron chi connectivity index (χ3n) is 4.61. The lowest BCUT2D eigenvalue weighted by Crippen LogP contribution is -2.44. The zero-order valence-corrected chi connectivity index (χ0v) is 8.63. The van der Waals surface area contributed by atoms with Crippen molar-refractivity contribution in [1.82, 2.24) is 0 Å². The molecule has 0 heterocycles. The molecule has 0 heteroatoms. The molecule has 4 bridgehead atoms. The molecule has 0 spiro atoms. The molecule has 0 atom stereocenters. The van der Waals surface area contributed by atoms with Crippen LogP contribution in [0.15, 0.2) is 12.2 Å². The molecule has 4 aliphatic rings. The van der Waals surface area contributed by atoms with Gasteiger partial charge in [-0.2, -0.15) is 0 Å². The Morgan fingerprint density at radius 3 is 1.77 bits per heavy atom. The second-order valence-electron chi connectivity index (χ2n) is 5.78. The van der Waals surface area contributed by atoms with Crippen LogP contribution in [0.25, 0.3) is 0 Å². The van der Waals surface area contributed by atoms with Crippen molar-refractivity contribution in [3.05, 3.63) is 12.2 Å². The molecular formula is C13H20. The molecule has 0 aromatic heterocycles. The van der Waals surface area contributed by atoms with E-state index in [0.29, 0.717) is 5.41 Å². The van der Waals surface area contributed by atoms with Crippen LogP contribution in [-0.4, -0.2) is 0 Å². The summed E-state index contributed by atoms with van der Waals surface area (Å²) in [6.07, 6.45) is 14.1. The third-order valence-corrected chi connectivity index (χ3v) is 4.61. The van der Waals surface area contributed by atoms with E-state index in [1.807, 2.05) is 0 Å². The van der Waals surface area contributed by atoms with Crippen LogP contribution in [0, 0.1) is 23.2 Å². The van der Waals surface area contributed by atoms with Crippen molar-refractivity contribution in [2.45, 2.75) is 45.4 Å². The molecule has 0 radical (unpaired) electrons. The minimum absolute atomic E-state index is 0.670. The van der Waals surface area contributed by atoms with Crippen LogP contribution in [0.2, 0.25) is 0 Å². The molecule has 0 aromatic carbocycles. The van der Waals surface area contributed by atoms with Crippen molar-refractivity contribution in [3.8, 4) is 0 Å². The standard InChI is InChI=1S/C13H20/c1-2-3-13-7-10-4-11(8-13)6-12(5-10)9-13/h2-3,10-12H,4-9H2,1H3/b3-2+. The van der Waals surface area contributed by atoms with E-state index in [9.17, 15) is 0 Å². The summed E-state index contributed by atoms with van der Waals surface area (Å²) in [5, 5.41) is 0. The molecule has 0 saturated heterocycles. The molecule has 4 fully saturated rings. The number of rotatable bonds is 1. The molecule has 13 heavy (non-hydrogen) atoms. The average molecular weight is 176 g/mol. The van der Waals surface area contributed by atoms with Crippen molar-refractivity contribution in [1.29, 1.82) is 0 Å². The summed E-state index contributed by atoms with van der Waals surface area (Å²) in [5.41, 5.74) is 0.670. The Morgan fingerprint density at radius 1 is 0.923 bits per heavy atom. The fourth-order valence-corrected chi connectivity index (χ4v) is 4.74. The van der Waals surface area contributed by atoms with E-state index >= 15 is 0 Å². The Kier molecular flexibility index (Phi) is 1.63. The summed E-state index contributed by atoms with van der Waals surface area (Å²) in [7, 11) is 0. The van der Waals surface area contributed by atoms with Gasteiger partial charge in [-0.1, -0.05) is 12.2 Å². The van der Waals surface area contributed by atoms with E-state index in [4.69, 9.17) is 0 Å². The summed E-state index contributed by atoms with van der Waals surface area (Å²) in [6, 6.07) is 0. The Labute approximate surface area is 81.4 Å². The quantitative estimate of drug-likeness (QED) is 0.533. The first-order valence-corrected chi connectivity index (χ1v) is 5.93. The van der Waals surface area contributed by atoms with Gasteiger partial charge in [0, 0.05) is 0 Å². The SMILES string of the molecule is C/C=C/C12CC3CC(CC(C3)C1)C2. The first-order valence-electron chi connectivity index (χ1n) is 5.93. The van der Waals surface area contributed by atoms with Crippen LogP contribution < -0.4 is 0 Å². The maximum absolute atomic E-state index is 2.54. The largest absolute Gasteiger partial charge is 0.0911 e. The van der Waals surface area contributed by atoms with Crippen LogP contribution in [0.5, 0.6) is 0 Å². The Balaban J connectivity index is 1.91. The number of hydrogen-bond acceptors (Lipinski definition) is 0. The van der Waals surface area contributed by atoms with Gasteiger partial charge >= 0.3 is 0 Å². The minimum atomic E-state index is 0.670. The van der Waals surface area contributed by atoms with Gasteiger partial charge in [-0.05, 0) is 68.6 Å². The highest BCUT2D eigenvalue weighted by Crippen LogP contribution is 2.60. The van der Waals surface area contributed by atoms with Gasteiger partial charge in [0.1, 0.15) is 0 Å². The Hall–Kier alpha value is -0.260. The monoisotopic (exact) mass is 176 g/mol. The lowest BCUT2D eigenvalue weighted by Gasteiger charge is -2.55. The third kappa shape index (κ3) is 1.18. The summed E-state index contributed by atoms with van der Waals surface area (Å²) < 4.78 is 0. The topological polar surface area (TPSA) is 0 Å². The summed E-state index contributed by atoms with van der Waals surface area (Å²) in [4.78, 5) is 0. The molecule has 0 amide bonds. The van der Waals surface area contributed by atoms with Crippen molar-refractivity contribution >= 4 is 0 Å². The highest BCUT2D eigenvalue weighted by molar-refractivity contribution is 5.10. The smallest absolute Gasteiger partial charge is 0.0110 e. The van der Waals surface area contributed by atoms with Crippen molar-refractivity contribution < 1.29 is 0 Å². The van der Waals surface area contributed by atoms with E-state index in [1.54, 1.807) is 19.3 Å². The van der Waals surface area contributed by atoms with Gasteiger partial charge in [0.2, 0.25) is 0 Å². The second kappa shape index (κ2) is 2.62. The zero-order valence-electron chi connectivity index (χ0n) is 8.63. The molecule has 4 rings (SSSR count). The first-order chi connectivity index (χ1) is 6.30. The predicted octanol–water partition coefficient (Wildman–Crippen LogP) is 3.78.